The monoisotopic (exact) mass is 293 g/mol. The van der Waals surface area contributed by atoms with Crippen molar-refractivity contribution in [1.29, 1.82) is 0 Å². The number of aliphatic carboxylic acids is 1. The molecule has 1 heterocycles. The summed E-state index contributed by atoms with van der Waals surface area (Å²) in [4.78, 5) is 27.3. The molecule has 8 heteroatoms. The second kappa shape index (κ2) is 5.34. The third kappa shape index (κ3) is 2.70. The van der Waals surface area contributed by atoms with E-state index in [1.54, 1.807) is 18.1 Å². The minimum atomic E-state index is -0.807. The minimum absolute atomic E-state index is 0.204. The summed E-state index contributed by atoms with van der Waals surface area (Å²) in [7, 11) is 1.75. The number of aryl methyl sites for hydroxylation is 1. The first-order valence-electron chi connectivity index (χ1n) is 7.16. The third-order valence-electron chi connectivity index (χ3n) is 4.55. The van der Waals surface area contributed by atoms with Gasteiger partial charge in [0.05, 0.1) is 12.5 Å². The van der Waals surface area contributed by atoms with E-state index in [1.807, 2.05) is 0 Å². The molecule has 2 fully saturated rings. The maximum absolute atomic E-state index is 11.9. The van der Waals surface area contributed by atoms with E-state index in [9.17, 15) is 14.7 Å². The fraction of sp³-hybridized carbons (Fsp3) is 0.692. The van der Waals surface area contributed by atoms with Crippen molar-refractivity contribution < 1.29 is 14.7 Å². The second-order valence-electron chi connectivity index (χ2n) is 5.88. The average Bonchev–Trinajstić information content (AvgIpc) is 3.11. The molecule has 4 unspecified atom stereocenters. The van der Waals surface area contributed by atoms with E-state index in [1.165, 1.54) is 0 Å². The lowest BCUT2D eigenvalue weighted by molar-refractivity contribution is -0.144. The number of rotatable bonds is 4. The Balaban J connectivity index is 1.55. The molecule has 21 heavy (non-hydrogen) atoms. The Morgan fingerprint density at radius 1 is 1.43 bits per heavy atom. The van der Waals surface area contributed by atoms with Gasteiger partial charge in [-0.15, -0.1) is 0 Å². The van der Waals surface area contributed by atoms with E-state index in [0.717, 1.165) is 19.3 Å². The van der Waals surface area contributed by atoms with E-state index in [4.69, 9.17) is 0 Å². The van der Waals surface area contributed by atoms with Crippen LogP contribution in [0.2, 0.25) is 0 Å². The summed E-state index contributed by atoms with van der Waals surface area (Å²) in [5.74, 6) is -0.248. The lowest BCUT2D eigenvalue weighted by Crippen LogP contribution is -2.50. The van der Waals surface area contributed by atoms with Gasteiger partial charge in [0.15, 0.2) is 5.82 Å². The Hall–Kier alpha value is -2.12. The summed E-state index contributed by atoms with van der Waals surface area (Å²) in [5, 5.41) is 18.9. The maximum Gasteiger partial charge on any atom is 0.315 e. The van der Waals surface area contributed by atoms with Crippen molar-refractivity contribution in [1.82, 2.24) is 25.4 Å². The highest BCUT2D eigenvalue weighted by molar-refractivity contribution is 5.77. The molecule has 0 radical (unpaired) electrons. The van der Waals surface area contributed by atoms with Crippen molar-refractivity contribution in [3.63, 3.8) is 0 Å². The number of carbonyl (C=O) groups excluding carboxylic acids is 1. The lowest BCUT2D eigenvalue weighted by atomic mass is 9.84. The van der Waals surface area contributed by atoms with Gasteiger partial charge in [-0.1, -0.05) is 0 Å². The zero-order chi connectivity index (χ0) is 15.0. The molecule has 8 nitrogen and oxygen atoms in total. The Kier molecular flexibility index (Phi) is 3.52. The maximum atomic E-state index is 11.9. The van der Waals surface area contributed by atoms with E-state index in [2.05, 4.69) is 20.7 Å². The Morgan fingerprint density at radius 2 is 2.19 bits per heavy atom. The molecule has 0 aliphatic heterocycles. The first-order valence-corrected chi connectivity index (χ1v) is 7.16. The number of urea groups is 1. The number of nitrogens with one attached hydrogen (secondary N) is 2. The molecule has 4 atom stereocenters. The first-order chi connectivity index (χ1) is 10.0. The van der Waals surface area contributed by atoms with Crippen molar-refractivity contribution in [3.8, 4) is 0 Å². The second-order valence-corrected chi connectivity index (χ2v) is 5.88. The first kappa shape index (κ1) is 13.8. The molecule has 2 bridgehead atoms. The molecule has 0 aromatic carbocycles. The van der Waals surface area contributed by atoms with Gasteiger partial charge in [-0.3, -0.25) is 9.48 Å². The van der Waals surface area contributed by atoms with Crippen molar-refractivity contribution >= 4 is 12.0 Å². The van der Waals surface area contributed by atoms with Crippen LogP contribution in [-0.2, 0) is 18.4 Å². The van der Waals surface area contributed by atoms with Crippen LogP contribution >= 0.6 is 0 Å². The molecule has 2 aliphatic rings. The van der Waals surface area contributed by atoms with Gasteiger partial charge in [-0.05, 0) is 31.1 Å². The van der Waals surface area contributed by atoms with Crippen LogP contribution in [0.4, 0.5) is 4.79 Å². The van der Waals surface area contributed by atoms with Gasteiger partial charge in [0.25, 0.3) is 0 Å². The van der Waals surface area contributed by atoms with Crippen LogP contribution in [0.25, 0.3) is 0 Å². The molecule has 3 N–H and O–H groups in total. The third-order valence-corrected chi connectivity index (χ3v) is 4.55. The fourth-order valence-electron chi connectivity index (χ4n) is 3.68. The molecule has 2 saturated carbocycles. The largest absolute Gasteiger partial charge is 0.481 e. The van der Waals surface area contributed by atoms with Crippen molar-refractivity contribution in [3.05, 3.63) is 12.2 Å². The molecule has 2 aliphatic carbocycles. The van der Waals surface area contributed by atoms with E-state index in [0.29, 0.717) is 5.82 Å². The van der Waals surface area contributed by atoms with E-state index in [-0.39, 0.29) is 30.5 Å². The number of carbonyl (C=O) groups is 2. The van der Waals surface area contributed by atoms with Crippen LogP contribution in [-0.4, -0.2) is 37.9 Å². The van der Waals surface area contributed by atoms with Gasteiger partial charge in [-0.25, -0.2) is 9.78 Å². The SMILES string of the molecule is Cn1cnc(CNC(=O)NC2C3CCC(C3)C2C(=O)O)n1. The molecule has 0 spiro atoms. The smallest absolute Gasteiger partial charge is 0.315 e. The number of nitrogens with zero attached hydrogens (tertiary/aromatic N) is 3. The number of carboxylic acids is 1. The van der Waals surface area contributed by atoms with Crippen LogP contribution in [0.5, 0.6) is 0 Å². The van der Waals surface area contributed by atoms with Crippen LogP contribution in [0, 0.1) is 17.8 Å². The van der Waals surface area contributed by atoms with Gasteiger partial charge in [0.1, 0.15) is 6.33 Å². The summed E-state index contributed by atoms with van der Waals surface area (Å²) in [6.07, 6.45) is 4.43. The molecule has 0 saturated heterocycles. The predicted molar refractivity (Wildman–Crippen MR) is 72.1 cm³/mol. The highest BCUT2D eigenvalue weighted by Crippen LogP contribution is 2.48. The molecule has 1 aromatic heterocycles. The Bertz CT molecular complexity index is 558. The Labute approximate surface area is 121 Å². The van der Waals surface area contributed by atoms with Gasteiger partial charge < -0.3 is 15.7 Å². The highest BCUT2D eigenvalue weighted by Gasteiger charge is 2.51. The minimum Gasteiger partial charge on any atom is -0.481 e. The topological polar surface area (TPSA) is 109 Å². The number of amides is 2. The number of carboxylic acid groups (broad SMARTS) is 1. The van der Waals surface area contributed by atoms with Gasteiger partial charge in [0, 0.05) is 13.1 Å². The van der Waals surface area contributed by atoms with Crippen molar-refractivity contribution in [2.24, 2.45) is 24.8 Å². The lowest BCUT2D eigenvalue weighted by Gasteiger charge is -2.28. The summed E-state index contributed by atoms with van der Waals surface area (Å²) < 4.78 is 1.56. The number of aromatic nitrogens is 3. The average molecular weight is 293 g/mol. The molecular formula is C13H19N5O3. The summed E-state index contributed by atoms with van der Waals surface area (Å²) in [5.41, 5.74) is 0. The molecule has 114 valence electrons. The van der Waals surface area contributed by atoms with E-state index < -0.39 is 11.9 Å². The molecule has 2 amide bonds. The molecule has 1 aromatic rings. The van der Waals surface area contributed by atoms with Crippen LogP contribution in [0.3, 0.4) is 0 Å². The van der Waals surface area contributed by atoms with Gasteiger partial charge in [-0.2, -0.15) is 5.10 Å². The Morgan fingerprint density at radius 3 is 2.86 bits per heavy atom. The van der Waals surface area contributed by atoms with Crippen LogP contribution in [0.15, 0.2) is 6.33 Å². The predicted octanol–water partition coefficient (Wildman–Crippen LogP) is 0.114. The highest BCUT2D eigenvalue weighted by atomic mass is 16.4. The molecule has 3 rings (SSSR count). The number of hydrogen-bond acceptors (Lipinski definition) is 4. The van der Waals surface area contributed by atoms with Crippen LogP contribution < -0.4 is 10.6 Å². The molecular weight excluding hydrogens is 274 g/mol. The van der Waals surface area contributed by atoms with E-state index >= 15 is 0 Å². The van der Waals surface area contributed by atoms with Crippen molar-refractivity contribution in [2.75, 3.05) is 0 Å². The summed E-state index contributed by atoms with van der Waals surface area (Å²) in [6.45, 7) is 0.227. The van der Waals surface area contributed by atoms with Gasteiger partial charge in [0.2, 0.25) is 0 Å². The summed E-state index contributed by atoms with van der Waals surface area (Å²) >= 11 is 0. The van der Waals surface area contributed by atoms with Crippen LogP contribution in [0.1, 0.15) is 25.1 Å². The normalized spacial score (nSPS) is 30.3. The zero-order valence-electron chi connectivity index (χ0n) is 11.8. The number of hydrogen-bond donors (Lipinski definition) is 3. The van der Waals surface area contributed by atoms with Gasteiger partial charge >= 0.3 is 12.0 Å². The quantitative estimate of drug-likeness (QED) is 0.730. The zero-order valence-corrected chi connectivity index (χ0v) is 11.8. The fourth-order valence-corrected chi connectivity index (χ4v) is 3.68. The van der Waals surface area contributed by atoms with Crippen molar-refractivity contribution in [2.45, 2.75) is 31.8 Å². The standard InChI is InChI=1S/C13H19N5O3/c1-18-6-15-9(17-18)5-14-13(21)16-11-8-3-2-7(4-8)10(11)12(19)20/h6-8,10-11H,2-5H2,1H3,(H,19,20)(H2,14,16,21). The summed E-state index contributed by atoms with van der Waals surface area (Å²) in [6, 6.07) is -0.621. The number of fused-ring (bicyclic) bond motifs is 2.